The van der Waals surface area contributed by atoms with Crippen molar-refractivity contribution in [3.63, 3.8) is 0 Å². The number of alkyl halides is 3. The van der Waals surface area contributed by atoms with Crippen molar-refractivity contribution in [2.45, 2.75) is 5.51 Å². The molecule has 90 valence electrons. The van der Waals surface area contributed by atoms with Gasteiger partial charge < -0.3 is 4.18 Å². The highest BCUT2D eigenvalue weighted by Gasteiger charge is 2.48. The Labute approximate surface area is 102 Å². The topological polar surface area (TPSA) is 43.4 Å². The van der Waals surface area contributed by atoms with E-state index in [1.807, 2.05) is 0 Å². The molecule has 0 saturated carbocycles. The molecule has 0 amide bonds. The summed E-state index contributed by atoms with van der Waals surface area (Å²) in [6, 6.07) is 3.66. The minimum Gasteiger partial charge on any atom is -0.375 e. The summed E-state index contributed by atoms with van der Waals surface area (Å²) in [4.78, 5) is 0. The van der Waals surface area contributed by atoms with Gasteiger partial charge in [-0.15, -0.1) is 0 Å². The van der Waals surface area contributed by atoms with Gasteiger partial charge in [0.05, 0.1) is 9.50 Å². The Bertz CT molecular complexity index is 500. The van der Waals surface area contributed by atoms with E-state index in [4.69, 9.17) is 11.6 Å². The Morgan fingerprint density at radius 2 is 1.88 bits per heavy atom. The Hall–Kier alpha value is -0.470. The van der Waals surface area contributed by atoms with E-state index < -0.39 is 21.4 Å². The second kappa shape index (κ2) is 4.42. The predicted molar refractivity (Wildman–Crippen MR) is 54.8 cm³/mol. The van der Waals surface area contributed by atoms with Crippen molar-refractivity contribution in [3.05, 3.63) is 27.7 Å². The number of hydrogen-bond acceptors (Lipinski definition) is 3. The highest BCUT2D eigenvalue weighted by atomic mass is 79.9. The summed E-state index contributed by atoms with van der Waals surface area (Å²) in [6.07, 6.45) is 0. The normalized spacial score (nSPS) is 12.6. The van der Waals surface area contributed by atoms with Gasteiger partial charge in [0.25, 0.3) is 0 Å². The van der Waals surface area contributed by atoms with Crippen molar-refractivity contribution in [2.24, 2.45) is 0 Å². The number of benzene rings is 1. The summed E-state index contributed by atoms with van der Waals surface area (Å²) < 4.78 is 61.1. The molecular weight excluding hydrogens is 336 g/mol. The van der Waals surface area contributed by atoms with Gasteiger partial charge in [-0.2, -0.15) is 21.6 Å². The second-order valence-corrected chi connectivity index (χ2v) is 5.27. The zero-order valence-corrected chi connectivity index (χ0v) is 10.4. The first-order valence-electron chi connectivity index (χ1n) is 3.60. The van der Waals surface area contributed by atoms with E-state index in [0.717, 1.165) is 6.07 Å². The lowest BCUT2D eigenvalue weighted by atomic mass is 10.3. The van der Waals surface area contributed by atoms with Crippen LogP contribution in [0.15, 0.2) is 22.7 Å². The first-order valence-corrected chi connectivity index (χ1v) is 6.18. The molecule has 0 aliphatic rings. The third-order valence-corrected chi connectivity index (χ3v) is 3.73. The molecule has 0 unspecified atom stereocenters. The van der Waals surface area contributed by atoms with Crippen LogP contribution in [0.25, 0.3) is 0 Å². The van der Waals surface area contributed by atoms with Gasteiger partial charge >= 0.3 is 15.6 Å². The summed E-state index contributed by atoms with van der Waals surface area (Å²) in [6.45, 7) is 0. The van der Waals surface area contributed by atoms with Crippen LogP contribution >= 0.6 is 27.5 Å². The first kappa shape index (κ1) is 13.6. The van der Waals surface area contributed by atoms with Gasteiger partial charge in [0.15, 0.2) is 5.75 Å². The van der Waals surface area contributed by atoms with Crippen LogP contribution < -0.4 is 4.18 Å². The quantitative estimate of drug-likeness (QED) is 0.613. The van der Waals surface area contributed by atoms with Gasteiger partial charge in [-0.3, -0.25) is 0 Å². The molecule has 0 aliphatic carbocycles. The fraction of sp³-hybridized carbons (Fsp3) is 0.143. The molecule has 3 nitrogen and oxygen atoms in total. The van der Waals surface area contributed by atoms with E-state index in [1.165, 1.54) is 12.1 Å². The molecule has 0 N–H and O–H groups in total. The second-order valence-electron chi connectivity index (χ2n) is 2.54. The number of rotatable bonds is 2. The number of hydrogen-bond donors (Lipinski definition) is 0. The van der Waals surface area contributed by atoms with Crippen molar-refractivity contribution >= 4 is 37.6 Å². The first-order chi connectivity index (χ1) is 7.15. The third-order valence-electron chi connectivity index (χ3n) is 1.40. The number of halogens is 5. The van der Waals surface area contributed by atoms with E-state index in [-0.39, 0.29) is 9.50 Å². The Kier molecular flexibility index (Phi) is 3.76. The molecule has 0 spiro atoms. The molecule has 1 aromatic carbocycles. The summed E-state index contributed by atoms with van der Waals surface area (Å²) in [5.41, 5.74) is -5.48. The molecule has 0 aliphatic heterocycles. The highest BCUT2D eigenvalue weighted by Crippen LogP contribution is 2.35. The van der Waals surface area contributed by atoms with Gasteiger partial charge in [0.2, 0.25) is 0 Å². The van der Waals surface area contributed by atoms with Crippen molar-refractivity contribution in [1.82, 2.24) is 0 Å². The van der Waals surface area contributed by atoms with Crippen molar-refractivity contribution in [2.75, 3.05) is 0 Å². The molecule has 16 heavy (non-hydrogen) atoms. The molecule has 0 radical (unpaired) electrons. The molecule has 0 heterocycles. The van der Waals surface area contributed by atoms with E-state index in [1.54, 1.807) is 0 Å². The maximum atomic E-state index is 12.0. The average Bonchev–Trinajstić information content (AvgIpc) is 2.11. The third kappa shape index (κ3) is 2.80. The molecule has 0 fully saturated rings. The largest absolute Gasteiger partial charge is 0.534 e. The lowest BCUT2D eigenvalue weighted by molar-refractivity contribution is -0.0500. The minimum atomic E-state index is -5.68. The van der Waals surface area contributed by atoms with Crippen LogP contribution in [0.3, 0.4) is 0 Å². The molecule has 0 atom stereocenters. The summed E-state index contributed by atoms with van der Waals surface area (Å²) >= 11 is 8.36. The lowest BCUT2D eigenvalue weighted by Crippen LogP contribution is -2.28. The molecule has 1 rings (SSSR count). The monoisotopic (exact) mass is 338 g/mol. The lowest BCUT2D eigenvalue weighted by Gasteiger charge is -2.10. The van der Waals surface area contributed by atoms with E-state index in [2.05, 4.69) is 20.1 Å². The summed E-state index contributed by atoms with van der Waals surface area (Å²) in [7, 11) is -5.68. The molecule has 0 bridgehead atoms. The molecule has 9 heteroatoms. The fourth-order valence-corrected chi connectivity index (χ4v) is 1.80. The van der Waals surface area contributed by atoms with Gasteiger partial charge in [-0.1, -0.05) is 17.7 Å². The van der Waals surface area contributed by atoms with Gasteiger partial charge in [0, 0.05) is 0 Å². The van der Waals surface area contributed by atoms with E-state index >= 15 is 0 Å². The van der Waals surface area contributed by atoms with Crippen LogP contribution in [-0.4, -0.2) is 13.9 Å². The summed E-state index contributed by atoms with van der Waals surface area (Å²) in [5, 5.41) is 0.0369. The van der Waals surface area contributed by atoms with E-state index in [0.29, 0.717) is 0 Å². The zero-order valence-electron chi connectivity index (χ0n) is 7.25. The van der Waals surface area contributed by atoms with Gasteiger partial charge in [0.1, 0.15) is 0 Å². The zero-order chi connectivity index (χ0) is 12.6. The predicted octanol–water partition coefficient (Wildman–Crippen LogP) is 3.33. The highest BCUT2D eigenvalue weighted by molar-refractivity contribution is 9.10. The van der Waals surface area contributed by atoms with E-state index in [9.17, 15) is 21.6 Å². The van der Waals surface area contributed by atoms with Crippen molar-refractivity contribution in [1.29, 1.82) is 0 Å². The Morgan fingerprint density at radius 3 is 2.38 bits per heavy atom. The van der Waals surface area contributed by atoms with Crippen LogP contribution in [0.2, 0.25) is 5.02 Å². The molecule has 1 aromatic rings. The van der Waals surface area contributed by atoms with Crippen molar-refractivity contribution in [3.8, 4) is 5.75 Å². The van der Waals surface area contributed by atoms with Crippen LogP contribution in [0.4, 0.5) is 13.2 Å². The van der Waals surface area contributed by atoms with Gasteiger partial charge in [-0.05, 0) is 28.1 Å². The minimum absolute atomic E-state index is 0.0369. The standard InChI is InChI=1S/C7H3BrClF3O3S/c8-6-4(9)2-1-3-5(6)15-16(13,14)7(10,11)12/h1-3H. The van der Waals surface area contributed by atoms with Gasteiger partial charge in [-0.25, -0.2) is 0 Å². The fourth-order valence-electron chi connectivity index (χ4n) is 0.714. The molecule has 0 aromatic heterocycles. The maximum Gasteiger partial charge on any atom is 0.534 e. The summed E-state index contributed by atoms with van der Waals surface area (Å²) in [5.74, 6) is -0.523. The smallest absolute Gasteiger partial charge is 0.375 e. The van der Waals surface area contributed by atoms with Crippen LogP contribution in [0.5, 0.6) is 5.75 Å². The average molecular weight is 340 g/mol. The van der Waals surface area contributed by atoms with Crippen LogP contribution in [-0.2, 0) is 10.1 Å². The SMILES string of the molecule is O=S(=O)(Oc1cccc(Cl)c1Br)C(F)(F)F. The molecule has 0 saturated heterocycles. The van der Waals surface area contributed by atoms with Crippen molar-refractivity contribution < 1.29 is 25.8 Å². The Morgan fingerprint density at radius 1 is 1.31 bits per heavy atom. The Balaban J connectivity index is 3.12. The molecular formula is C7H3BrClF3O3S. The van der Waals surface area contributed by atoms with Crippen LogP contribution in [0, 0.1) is 0 Å². The maximum absolute atomic E-state index is 12.0. The van der Waals surface area contributed by atoms with Crippen LogP contribution in [0.1, 0.15) is 0 Å².